The number of carbonyl (C=O) groups is 1. The Bertz CT molecular complexity index is 850. The molecule has 1 aromatic carbocycles. The normalized spacial score (nSPS) is 11.0. The Morgan fingerprint density at radius 1 is 1.43 bits per heavy atom. The van der Waals surface area contributed by atoms with E-state index < -0.39 is 9.84 Å². The Kier molecular flexibility index (Phi) is 5.19. The summed E-state index contributed by atoms with van der Waals surface area (Å²) < 4.78 is 23.9. The average molecular weight is 348 g/mol. The van der Waals surface area contributed by atoms with E-state index in [1.807, 2.05) is 6.92 Å². The van der Waals surface area contributed by atoms with Crippen molar-refractivity contribution >= 4 is 32.2 Å². The van der Waals surface area contributed by atoms with Gasteiger partial charge in [-0.05, 0) is 24.1 Å². The van der Waals surface area contributed by atoms with Crippen molar-refractivity contribution in [1.82, 2.24) is 4.98 Å². The van der Waals surface area contributed by atoms with Gasteiger partial charge in [0.2, 0.25) is 0 Å². The number of terminal acetylenes is 1. The first-order valence-corrected chi connectivity index (χ1v) is 9.63. The Morgan fingerprint density at radius 3 is 2.70 bits per heavy atom. The van der Waals surface area contributed by atoms with Gasteiger partial charge in [-0.3, -0.25) is 9.69 Å². The fraction of sp³-hybridized carbons (Fsp3) is 0.250. The maximum absolute atomic E-state index is 12.7. The van der Waals surface area contributed by atoms with Crippen LogP contribution in [0.4, 0.5) is 5.13 Å². The zero-order valence-corrected chi connectivity index (χ0v) is 14.4. The molecule has 2 aromatic rings. The van der Waals surface area contributed by atoms with E-state index in [9.17, 15) is 13.2 Å². The van der Waals surface area contributed by atoms with E-state index in [-0.39, 0.29) is 22.9 Å². The summed E-state index contributed by atoms with van der Waals surface area (Å²) in [4.78, 5) is 18.3. The molecule has 0 unspecified atom stereocenters. The van der Waals surface area contributed by atoms with Gasteiger partial charge in [0.1, 0.15) is 0 Å². The zero-order chi connectivity index (χ0) is 17.0. The van der Waals surface area contributed by atoms with E-state index in [4.69, 9.17) is 6.42 Å². The van der Waals surface area contributed by atoms with Crippen LogP contribution in [0, 0.1) is 12.3 Å². The molecule has 0 radical (unpaired) electrons. The van der Waals surface area contributed by atoms with Crippen LogP contribution in [-0.2, 0) is 16.3 Å². The van der Waals surface area contributed by atoms with E-state index in [0.29, 0.717) is 17.1 Å². The molecule has 0 fully saturated rings. The minimum Gasteiger partial charge on any atom is -0.272 e. The highest BCUT2D eigenvalue weighted by Crippen LogP contribution is 2.23. The fourth-order valence-electron chi connectivity index (χ4n) is 2.15. The molecule has 1 aromatic heterocycles. The number of benzene rings is 1. The maximum Gasteiger partial charge on any atom is 0.260 e. The van der Waals surface area contributed by atoms with Crippen LogP contribution < -0.4 is 4.90 Å². The quantitative estimate of drug-likeness (QED) is 0.778. The van der Waals surface area contributed by atoms with Crippen molar-refractivity contribution in [3.8, 4) is 12.3 Å². The van der Waals surface area contributed by atoms with Crippen molar-refractivity contribution in [2.75, 3.05) is 17.7 Å². The first-order valence-electron chi connectivity index (χ1n) is 6.86. The van der Waals surface area contributed by atoms with Gasteiger partial charge in [-0.2, -0.15) is 0 Å². The molecule has 0 saturated heterocycles. The van der Waals surface area contributed by atoms with Crippen LogP contribution in [0.2, 0.25) is 0 Å². The van der Waals surface area contributed by atoms with Crippen molar-refractivity contribution in [1.29, 1.82) is 0 Å². The maximum atomic E-state index is 12.7. The molecule has 0 aliphatic heterocycles. The lowest BCUT2D eigenvalue weighted by Crippen LogP contribution is -2.31. The number of anilines is 1. The lowest BCUT2D eigenvalue weighted by atomic mass is 10.1. The number of rotatable bonds is 5. The lowest BCUT2D eigenvalue weighted by Gasteiger charge is -2.18. The molecule has 0 saturated carbocycles. The van der Waals surface area contributed by atoms with Crippen LogP contribution in [0.25, 0.3) is 0 Å². The summed E-state index contributed by atoms with van der Waals surface area (Å²) in [5.74, 6) is 2.06. The van der Waals surface area contributed by atoms with Gasteiger partial charge < -0.3 is 0 Å². The monoisotopic (exact) mass is 348 g/mol. The zero-order valence-electron chi connectivity index (χ0n) is 12.8. The molecule has 1 amide bonds. The summed E-state index contributed by atoms with van der Waals surface area (Å²) in [7, 11) is -3.42. The minimum atomic E-state index is -3.42. The lowest BCUT2D eigenvalue weighted by molar-refractivity contribution is 0.0990. The smallest absolute Gasteiger partial charge is 0.260 e. The van der Waals surface area contributed by atoms with Crippen molar-refractivity contribution in [3.63, 3.8) is 0 Å². The van der Waals surface area contributed by atoms with Crippen LogP contribution in [0.5, 0.6) is 0 Å². The topological polar surface area (TPSA) is 67.3 Å². The van der Waals surface area contributed by atoms with Crippen LogP contribution in [0.3, 0.4) is 0 Å². The number of aromatic nitrogens is 1. The predicted molar refractivity (Wildman–Crippen MR) is 91.6 cm³/mol. The number of carbonyl (C=O) groups excluding carboxylic acids is 1. The Hall–Kier alpha value is -2.17. The summed E-state index contributed by atoms with van der Waals surface area (Å²) in [5.41, 5.74) is 0.954. The van der Waals surface area contributed by atoms with Gasteiger partial charge in [-0.15, -0.1) is 17.8 Å². The number of nitrogens with zero attached hydrogens (tertiary/aromatic N) is 2. The van der Waals surface area contributed by atoms with Crippen LogP contribution in [0.15, 0.2) is 34.7 Å². The molecule has 0 aliphatic rings. The molecule has 1 heterocycles. The number of aryl methyl sites for hydroxylation is 1. The summed E-state index contributed by atoms with van der Waals surface area (Å²) in [6, 6.07) is 4.69. The van der Waals surface area contributed by atoms with E-state index in [1.54, 1.807) is 23.7 Å². The van der Waals surface area contributed by atoms with Gasteiger partial charge in [0.15, 0.2) is 15.0 Å². The van der Waals surface area contributed by atoms with E-state index in [0.717, 1.165) is 6.26 Å². The Morgan fingerprint density at radius 2 is 2.17 bits per heavy atom. The molecular formula is C16H16N2O3S2. The molecule has 7 heteroatoms. The third-order valence-electron chi connectivity index (χ3n) is 3.24. The van der Waals surface area contributed by atoms with Gasteiger partial charge >= 0.3 is 0 Å². The number of hydrogen-bond acceptors (Lipinski definition) is 5. The molecule has 120 valence electrons. The highest BCUT2D eigenvalue weighted by atomic mass is 32.2. The second-order valence-electron chi connectivity index (χ2n) is 4.86. The standard InChI is InChI=1S/C16H16N2O3S2/c1-4-9-18(16-17-8-10-22-16)15(19)13-7-6-12(5-2)14(11-13)23(3,20)21/h1,6-8,10-11H,5,9H2,2-3H3. The van der Waals surface area contributed by atoms with Crippen LogP contribution >= 0.6 is 11.3 Å². The third-order valence-corrected chi connectivity index (χ3v) is 5.21. The summed E-state index contributed by atoms with van der Waals surface area (Å²) in [6.45, 7) is 1.93. The van der Waals surface area contributed by atoms with Gasteiger partial charge in [-0.25, -0.2) is 13.4 Å². The summed E-state index contributed by atoms with van der Waals surface area (Å²) in [5, 5.41) is 2.22. The van der Waals surface area contributed by atoms with E-state index in [1.165, 1.54) is 22.3 Å². The second-order valence-corrected chi connectivity index (χ2v) is 7.72. The molecule has 0 aliphatic carbocycles. The van der Waals surface area contributed by atoms with Gasteiger partial charge in [0, 0.05) is 23.4 Å². The molecule has 0 N–H and O–H groups in total. The molecule has 0 atom stereocenters. The largest absolute Gasteiger partial charge is 0.272 e. The van der Waals surface area contributed by atoms with E-state index >= 15 is 0 Å². The fourth-order valence-corrected chi connectivity index (χ4v) is 3.82. The molecule has 0 spiro atoms. The molecule has 0 bridgehead atoms. The number of thiazole rings is 1. The number of amides is 1. The minimum absolute atomic E-state index is 0.0656. The molecular weight excluding hydrogens is 332 g/mol. The van der Waals surface area contributed by atoms with Crippen molar-refractivity contribution in [2.45, 2.75) is 18.2 Å². The first kappa shape index (κ1) is 17.2. The average Bonchev–Trinajstić information content (AvgIpc) is 3.04. The Balaban J connectivity index is 2.48. The number of sulfone groups is 1. The molecule has 2 rings (SSSR count). The first-order chi connectivity index (χ1) is 10.9. The molecule has 5 nitrogen and oxygen atoms in total. The van der Waals surface area contributed by atoms with Gasteiger partial charge in [0.05, 0.1) is 11.4 Å². The highest BCUT2D eigenvalue weighted by molar-refractivity contribution is 7.90. The number of hydrogen-bond donors (Lipinski definition) is 0. The third kappa shape index (κ3) is 3.78. The predicted octanol–water partition coefficient (Wildman–Crippen LogP) is 2.39. The SMILES string of the molecule is C#CCN(C(=O)c1ccc(CC)c(S(C)(=O)=O)c1)c1nccs1. The van der Waals surface area contributed by atoms with Crippen molar-refractivity contribution < 1.29 is 13.2 Å². The van der Waals surface area contributed by atoms with Crippen molar-refractivity contribution in [2.24, 2.45) is 0 Å². The highest BCUT2D eigenvalue weighted by Gasteiger charge is 2.22. The molecule has 23 heavy (non-hydrogen) atoms. The van der Waals surface area contributed by atoms with Gasteiger partial charge in [0.25, 0.3) is 5.91 Å². The second kappa shape index (κ2) is 6.94. The van der Waals surface area contributed by atoms with Crippen LogP contribution in [-0.4, -0.2) is 32.1 Å². The van der Waals surface area contributed by atoms with Crippen LogP contribution in [0.1, 0.15) is 22.8 Å². The van der Waals surface area contributed by atoms with Crippen molar-refractivity contribution in [3.05, 3.63) is 40.9 Å². The van der Waals surface area contributed by atoms with Gasteiger partial charge in [-0.1, -0.05) is 18.9 Å². The Labute approximate surface area is 139 Å². The summed E-state index contributed by atoms with van der Waals surface area (Å²) >= 11 is 1.29. The summed E-state index contributed by atoms with van der Waals surface area (Å²) in [6.07, 6.45) is 8.62. The van der Waals surface area contributed by atoms with E-state index in [2.05, 4.69) is 10.9 Å².